The second-order valence-corrected chi connectivity index (χ2v) is 8.44. The molecular formula is C22H32N4O5. The highest BCUT2D eigenvalue weighted by Crippen LogP contribution is 2.25. The monoisotopic (exact) mass is 432 g/mol. The molecule has 0 bridgehead atoms. The zero-order chi connectivity index (χ0) is 23.6. The van der Waals surface area contributed by atoms with Crippen molar-refractivity contribution < 1.29 is 24.0 Å². The number of Topliss-reactive ketones (excluding diaryl/α,β-unsaturated/α-hetero) is 1. The number of hydrogen-bond acceptors (Lipinski definition) is 5. The van der Waals surface area contributed by atoms with Crippen LogP contribution < -0.4 is 16.0 Å². The van der Waals surface area contributed by atoms with E-state index in [-0.39, 0.29) is 25.3 Å². The zero-order valence-corrected chi connectivity index (χ0v) is 18.4. The Bertz CT molecular complexity index is 750. The lowest BCUT2D eigenvalue weighted by molar-refractivity contribution is -0.144. The maximum Gasteiger partial charge on any atom is 0.289 e. The summed E-state index contributed by atoms with van der Waals surface area (Å²) in [4.78, 5) is 63.0. The van der Waals surface area contributed by atoms with Crippen LogP contribution in [0.1, 0.15) is 46.5 Å². The van der Waals surface area contributed by atoms with Gasteiger partial charge in [0.1, 0.15) is 12.1 Å². The fourth-order valence-corrected chi connectivity index (χ4v) is 3.40. The molecule has 0 saturated carbocycles. The Morgan fingerprint density at radius 2 is 1.97 bits per heavy atom. The van der Waals surface area contributed by atoms with E-state index >= 15 is 0 Å². The molecule has 170 valence electrons. The van der Waals surface area contributed by atoms with Crippen LogP contribution in [0.4, 0.5) is 0 Å². The summed E-state index contributed by atoms with van der Waals surface area (Å²) in [6.45, 7) is 9.38. The van der Waals surface area contributed by atoms with E-state index in [0.29, 0.717) is 25.8 Å². The molecule has 1 aliphatic rings. The molecule has 1 aliphatic heterocycles. The number of carbonyl (C=O) groups is 5. The van der Waals surface area contributed by atoms with Gasteiger partial charge in [0.25, 0.3) is 5.91 Å². The predicted molar refractivity (Wildman–Crippen MR) is 115 cm³/mol. The molecule has 0 aromatic rings. The lowest BCUT2D eigenvalue weighted by Crippen LogP contribution is -2.58. The van der Waals surface area contributed by atoms with Gasteiger partial charge in [0.05, 0.1) is 6.04 Å². The molecule has 9 nitrogen and oxygen atoms in total. The fraction of sp³-hybridized carbons (Fsp3) is 0.591. The van der Waals surface area contributed by atoms with E-state index in [0.717, 1.165) is 0 Å². The lowest BCUT2D eigenvalue weighted by atomic mass is 9.85. The molecule has 1 unspecified atom stereocenters. The summed E-state index contributed by atoms with van der Waals surface area (Å²) in [6, 6.07) is -2.71. The number of amides is 4. The van der Waals surface area contributed by atoms with Crippen molar-refractivity contribution in [3.63, 3.8) is 0 Å². The average Bonchev–Trinajstić information content (AvgIpc) is 3.21. The molecule has 1 saturated heterocycles. The Balaban J connectivity index is 2.98. The number of hydrogen-bond donors (Lipinski definition) is 3. The van der Waals surface area contributed by atoms with E-state index in [1.165, 1.54) is 11.0 Å². The van der Waals surface area contributed by atoms with Crippen molar-refractivity contribution in [3.8, 4) is 12.3 Å². The second-order valence-electron chi connectivity index (χ2n) is 8.44. The summed E-state index contributed by atoms with van der Waals surface area (Å²) in [6.07, 6.45) is 8.47. The minimum Gasteiger partial charge on any atom is -0.346 e. The van der Waals surface area contributed by atoms with Crippen molar-refractivity contribution in [1.29, 1.82) is 0 Å². The topological polar surface area (TPSA) is 125 Å². The highest BCUT2D eigenvalue weighted by atomic mass is 16.2. The van der Waals surface area contributed by atoms with Crippen LogP contribution in [0.2, 0.25) is 0 Å². The van der Waals surface area contributed by atoms with Crippen molar-refractivity contribution in [1.82, 2.24) is 20.9 Å². The molecule has 0 aromatic carbocycles. The standard InChI is InChI=1S/C22H32N4O5/c1-6-8-10-15(17(28)20(30)23-12-7-2)25-19(29)16-11-9-13-26(16)21(31)18(24-14-27)22(3,4)5/h1,7,14-16,18H,2,8-13H2,3-5H3,(H,23,30)(H,24,27)(H,25,29)/t15?,16-,18+/m0/s1. The molecule has 0 aromatic heterocycles. The van der Waals surface area contributed by atoms with Crippen LogP contribution in [-0.2, 0) is 24.0 Å². The minimum atomic E-state index is -1.10. The summed E-state index contributed by atoms with van der Waals surface area (Å²) < 4.78 is 0. The first-order valence-electron chi connectivity index (χ1n) is 10.2. The molecule has 3 N–H and O–H groups in total. The molecule has 0 spiro atoms. The zero-order valence-electron chi connectivity index (χ0n) is 18.4. The Hall–Kier alpha value is -3.15. The Labute approximate surface area is 183 Å². The van der Waals surface area contributed by atoms with Gasteiger partial charge >= 0.3 is 0 Å². The van der Waals surface area contributed by atoms with Gasteiger partial charge in [-0.25, -0.2) is 0 Å². The Morgan fingerprint density at radius 3 is 2.52 bits per heavy atom. The molecule has 1 heterocycles. The van der Waals surface area contributed by atoms with Gasteiger partial charge in [0, 0.05) is 19.5 Å². The molecule has 1 fully saturated rings. The van der Waals surface area contributed by atoms with E-state index in [2.05, 4.69) is 28.4 Å². The van der Waals surface area contributed by atoms with Crippen LogP contribution in [0.3, 0.4) is 0 Å². The van der Waals surface area contributed by atoms with Crippen LogP contribution in [-0.4, -0.2) is 66.0 Å². The van der Waals surface area contributed by atoms with Crippen molar-refractivity contribution in [2.75, 3.05) is 13.1 Å². The molecule has 9 heteroatoms. The number of likely N-dealkylation sites (tertiary alicyclic amines) is 1. The van der Waals surface area contributed by atoms with E-state index in [4.69, 9.17) is 6.42 Å². The third-order valence-electron chi connectivity index (χ3n) is 5.03. The number of rotatable bonds is 11. The molecular weight excluding hydrogens is 400 g/mol. The Kier molecular flexibility index (Phi) is 9.93. The van der Waals surface area contributed by atoms with Gasteiger partial charge in [-0.1, -0.05) is 26.8 Å². The first-order valence-corrected chi connectivity index (χ1v) is 10.2. The Morgan fingerprint density at radius 1 is 1.29 bits per heavy atom. The molecule has 3 atom stereocenters. The predicted octanol–water partition coefficient (Wildman–Crippen LogP) is -0.0924. The molecule has 0 radical (unpaired) electrons. The van der Waals surface area contributed by atoms with Crippen molar-refractivity contribution in [2.45, 2.75) is 64.6 Å². The largest absolute Gasteiger partial charge is 0.346 e. The fourth-order valence-electron chi connectivity index (χ4n) is 3.40. The lowest BCUT2D eigenvalue weighted by Gasteiger charge is -2.34. The van der Waals surface area contributed by atoms with Crippen LogP contribution in [0, 0.1) is 17.8 Å². The quantitative estimate of drug-likeness (QED) is 0.182. The van der Waals surface area contributed by atoms with Crippen molar-refractivity contribution in [2.24, 2.45) is 5.41 Å². The summed E-state index contributed by atoms with van der Waals surface area (Å²) in [5.74, 6) is -0.158. The van der Waals surface area contributed by atoms with Crippen LogP contribution >= 0.6 is 0 Å². The summed E-state index contributed by atoms with van der Waals surface area (Å²) in [5, 5.41) is 7.52. The number of nitrogens with zero attached hydrogens (tertiary/aromatic N) is 1. The number of terminal acetylenes is 1. The highest BCUT2D eigenvalue weighted by molar-refractivity contribution is 6.38. The third-order valence-corrected chi connectivity index (χ3v) is 5.03. The van der Waals surface area contributed by atoms with Gasteiger partial charge in [-0.05, 0) is 24.7 Å². The SMILES string of the molecule is C#CCCC(NC(=O)[C@@H]1CCCN1C(=O)[C@@H](NC=O)C(C)(C)C)C(=O)C(=O)NCC=C. The van der Waals surface area contributed by atoms with E-state index in [1.807, 2.05) is 20.8 Å². The smallest absolute Gasteiger partial charge is 0.289 e. The first kappa shape index (κ1) is 25.9. The van der Waals surface area contributed by atoms with Gasteiger partial charge in [-0.3, -0.25) is 24.0 Å². The van der Waals surface area contributed by atoms with Gasteiger partial charge in [-0.15, -0.1) is 18.9 Å². The normalized spacial score (nSPS) is 17.6. The number of nitrogens with one attached hydrogen (secondary N) is 3. The van der Waals surface area contributed by atoms with Crippen molar-refractivity contribution >= 4 is 29.9 Å². The molecule has 4 amide bonds. The second kappa shape index (κ2) is 11.9. The first-order chi connectivity index (χ1) is 14.6. The van der Waals surface area contributed by atoms with E-state index in [1.54, 1.807) is 0 Å². The maximum absolute atomic E-state index is 13.1. The summed E-state index contributed by atoms with van der Waals surface area (Å²) in [5.41, 5.74) is -0.559. The summed E-state index contributed by atoms with van der Waals surface area (Å²) >= 11 is 0. The molecule has 1 rings (SSSR count). The summed E-state index contributed by atoms with van der Waals surface area (Å²) in [7, 11) is 0. The van der Waals surface area contributed by atoms with Crippen LogP contribution in [0.15, 0.2) is 12.7 Å². The number of carbonyl (C=O) groups excluding carboxylic acids is 5. The third kappa shape index (κ3) is 7.24. The average molecular weight is 433 g/mol. The molecule has 0 aliphatic carbocycles. The van der Waals surface area contributed by atoms with Gasteiger partial charge in [0.2, 0.25) is 24.0 Å². The van der Waals surface area contributed by atoms with Gasteiger partial charge in [-0.2, -0.15) is 0 Å². The van der Waals surface area contributed by atoms with E-state index in [9.17, 15) is 24.0 Å². The van der Waals surface area contributed by atoms with Gasteiger partial charge in [0.15, 0.2) is 0 Å². The van der Waals surface area contributed by atoms with Crippen LogP contribution in [0.25, 0.3) is 0 Å². The number of ketones is 1. The highest BCUT2D eigenvalue weighted by Gasteiger charge is 2.41. The molecule has 31 heavy (non-hydrogen) atoms. The van der Waals surface area contributed by atoms with Crippen LogP contribution in [0.5, 0.6) is 0 Å². The minimum absolute atomic E-state index is 0.0978. The van der Waals surface area contributed by atoms with Crippen molar-refractivity contribution in [3.05, 3.63) is 12.7 Å². The maximum atomic E-state index is 13.1. The van der Waals surface area contributed by atoms with E-state index < -0.39 is 41.1 Å². The van der Waals surface area contributed by atoms with Gasteiger partial charge < -0.3 is 20.9 Å².